The van der Waals surface area contributed by atoms with Crippen molar-refractivity contribution in [2.75, 3.05) is 5.73 Å². The van der Waals surface area contributed by atoms with Crippen LogP contribution in [0.4, 0.5) is 5.69 Å². The van der Waals surface area contributed by atoms with Crippen molar-refractivity contribution in [3.05, 3.63) is 59.8 Å². The summed E-state index contributed by atoms with van der Waals surface area (Å²) in [4.78, 5) is 4.32. The van der Waals surface area contributed by atoms with Crippen LogP contribution in [0.15, 0.2) is 54.7 Å². The first-order chi connectivity index (χ1) is 9.24. The Kier molecular flexibility index (Phi) is 2.97. The zero-order valence-corrected chi connectivity index (χ0v) is 10.8. The zero-order valence-electron chi connectivity index (χ0n) is 10.0. The molecule has 3 rings (SSSR count). The van der Waals surface area contributed by atoms with E-state index in [0.29, 0.717) is 22.2 Å². The Morgan fingerprint density at radius 2 is 1.79 bits per heavy atom. The van der Waals surface area contributed by atoms with Gasteiger partial charge in [0.05, 0.1) is 0 Å². The SMILES string of the molecule is Nc1ccc(Oc2ccc(Cl)cc2)c2ncccc12. The molecule has 1 aromatic heterocycles. The van der Waals surface area contributed by atoms with Gasteiger partial charge in [0.2, 0.25) is 0 Å². The minimum atomic E-state index is 0.673. The van der Waals surface area contributed by atoms with Crippen molar-refractivity contribution in [1.29, 1.82) is 0 Å². The summed E-state index contributed by atoms with van der Waals surface area (Å²) in [5.74, 6) is 1.38. The first kappa shape index (κ1) is 11.8. The lowest BCUT2D eigenvalue weighted by molar-refractivity contribution is 0.487. The molecule has 0 aliphatic carbocycles. The quantitative estimate of drug-likeness (QED) is 0.708. The van der Waals surface area contributed by atoms with Gasteiger partial charge in [0.1, 0.15) is 11.3 Å². The van der Waals surface area contributed by atoms with Crippen molar-refractivity contribution in [2.45, 2.75) is 0 Å². The summed E-state index contributed by atoms with van der Waals surface area (Å²) in [6.07, 6.45) is 1.72. The first-order valence-corrected chi connectivity index (χ1v) is 6.18. The molecule has 0 unspecified atom stereocenters. The number of pyridine rings is 1. The monoisotopic (exact) mass is 270 g/mol. The van der Waals surface area contributed by atoms with E-state index >= 15 is 0 Å². The van der Waals surface area contributed by atoms with Crippen molar-refractivity contribution in [2.24, 2.45) is 0 Å². The predicted molar refractivity (Wildman–Crippen MR) is 77.7 cm³/mol. The van der Waals surface area contributed by atoms with E-state index in [1.807, 2.05) is 36.4 Å². The van der Waals surface area contributed by atoms with Gasteiger partial charge in [-0.25, -0.2) is 0 Å². The number of ether oxygens (including phenoxy) is 1. The molecule has 0 radical (unpaired) electrons. The van der Waals surface area contributed by atoms with Crippen LogP contribution in [0.1, 0.15) is 0 Å². The summed E-state index contributed by atoms with van der Waals surface area (Å²) >= 11 is 5.85. The molecule has 0 spiro atoms. The summed E-state index contributed by atoms with van der Waals surface area (Å²) in [6.45, 7) is 0. The molecule has 0 saturated carbocycles. The molecule has 94 valence electrons. The van der Waals surface area contributed by atoms with Crippen LogP contribution in [-0.4, -0.2) is 4.98 Å². The molecule has 0 atom stereocenters. The average molecular weight is 271 g/mol. The number of halogens is 1. The highest BCUT2D eigenvalue weighted by molar-refractivity contribution is 6.30. The van der Waals surface area contributed by atoms with Gasteiger partial charge in [0.25, 0.3) is 0 Å². The number of nitrogen functional groups attached to an aromatic ring is 1. The molecule has 0 saturated heterocycles. The summed E-state index contributed by atoms with van der Waals surface area (Å²) < 4.78 is 5.82. The van der Waals surface area contributed by atoms with Crippen LogP contribution < -0.4 is 10.5 Å². The highest BCUT2D eigenvalue weighted by Crippen LogP contribution is 2.31. The number of rotatable bonds is 2. The molecule has 3 aromatic rings. The van der Waals surface area contributed by atoms with Crippen molar-refractivity contribution in [3.8, 4) is 11.5 Å². The van der Waals surface area contributed by atoms with Gasteiger partial charge in [0.15, 0.2) is 5.75 Å². The Labute approximate surface area is 115 Å². The van der Waals surface area contributed by atoms with Gasteiger partial charge < -0.3 is 10.5 Å². The highest BCUT2D eigenvalue weighted by Gasteiger charge is 2.07. The molecule has 0 fully saturated rings. The van der Waals surface area contributed by atoms with E-state index in [2.05, 4.69) is 4.98 Å². The van der Waals surface area contributed by atoms with Crippen LogP contribution in [0.25, 0.3) is 10.9 Å². The van der Waals surface area contributed by atoms with Gasteiger partial charge in [0, 0.05) is 22.3 Å². The van der Waals surface area contributed by atoms with Crippen molar-refractivity contribution < 1.29 is 4.74 Å². The van der Waals surface area contributed by atoms with E-state index < -0.39 is 0 Å². The minimum Gasteiger partial charge on any atom is -0.455 e. The number of nitrogens with zero attached hydrogens (tertiary/aromatic N) is 1. The molecule has 2 N–H and O–H groups in total. The van der Waals surface area contributed by atoms with Crippen LogP contribution in [0.5, 0.6) is 11.5 Å². The number of fused-ring (bicyclic) bond motifs is 1. The second kappa shape index (κ2) is 4.78. The van der Waals surface area contributed by atoms with Crippen LogP contribution in [0.3, 0.4) is 0 Å². The number of hydrogen-bond acceptors (Lipinski definition) is 3. The number of benzene rings is 2. The largest absolute Gasteiger partial charge is 0.455 e. The van der Waals surface area contributed by atoms with Gasteiger partial charge in [-0.3, -0.25) is 4.98 Å². The van der Waals surface area contributed by atoms with Crippen molar-refractivity contribution >= 4 is 28.2 Å². The van der Waals surface area contributed by atoms with Gasteiger partial charge in [-0.1, -0.05) is 11.6 Å². The van der Waals surface area contributed by atoms with Crippen LogP contribution >= 0.6 is 11.6 Å². The average Bonchev–Trinajstić information content (AvgIpc) is 2.45. The van der Waals surface area contributed by atoms with Gasteiger partial charge in [-0.2, -0.15) is 0 Å². The molecule has 19 heavy (non-hydrogen) atoms. The molecule has 0 amide bonds. The number of nitrogens with two attached hydrogens (primary N) is 1. The first-order valence-electron chi connectivity index (χ1n) is 5.81. The molecule has 4 heteroatoms. The van der Waals surface area contributed by atoms with Crippen molar-refractivity contribution in [3.63, 3.8) is 0 Å². The number of anilines is 1. The standard InChI is InChI=1S/C15H11ClN2O/c16-10-3-5-11(6-4-10)19-14-8-7-13(17)12-2-1-9-18-15(12)14/h1-9H,17H2. The van der Waals surface area contributed by atoms with E-state index in [0.717, 1.165) is 10.9 Å². The van der Waals surface area contributed by atoms with Crippen LogP contribution in [0, 0.1) is 0 Å². The Hall–Kier alpha value is -2.26. The third kappa shape index (κ3) is 2.33. The molecule has 0 aliphatic heterocycles. The Balaban J connectivity index is 2.06. The second-order valence-electron chi connectivity index (χ2n) is 4.11. The fraction of sp³-hybridized carbons (Fsp3) is 0. The van der Waals surface area contributed by atoms with E-state index in [9.17, 15) is 0 Å². The maximum atomic E-state index is 5.93. The Morgan fingerprint density at radius 3 is 2.58 bits per heavy atom. The maximum absolute atomic E-state index is 5.93. The fourth-order valence-corrected chi connectivity index (χ4v) is 2.01. The summed E-state index contributed by atoms with van der Waals surface area (Å²) in [6, 6.07) is 14.6. The van der Waals surface area contributed by atoms with Gasteiger partial charge in [-0.05, 0) is 48.5 Å². The molecule has 0 aliphatic rings. The predicted octanol–water partition coefficient (Wildman–Crippen LogP) is 4.26. The molecule has 1 heterocycles. The van der Waals surface area contributed by atoms with Gasteiger partial charge in [-0.15, -0.1) is 0 Å². The third-order valence-electron chi connectivity index (χ3n) is 2.81. The Morgan fingerprint density at radius 1 is 1.00 bits per heavy atom. The lowest BCUT2D eigenvalue weighted by atomic mass is 10.1. The number of hydrogen-bond donors (Lipinski definition) is 1. The Bertz CT molecular complexity index is 726. The minimum absolute atomic E-state index is 0.673. The summed E-state index contributed by atoms with van der Waals surface area (Å²) in [7, 11) is 0. The molecule has 3 nitrogen and oxygen atoms in total. The lowest BCUT2D eigenvalue weighted by Crippen LogP contribution is -1.92. The second-order valence-corrected chi connectivity index (χ2v) is 4.54. The van der Waals surface area contributed by atoms with Crippen LogP contribution in [0.2, 0.25) is 5.02 Å². The maximum Gasteiger partial charge on any atom is 0.153 e. The topological polar surface area (TPSA) is 48.1 Å². The van der Waals surface area contributed by atoms with Crippen molar-refractivity contribution in [1.82, 2.24) is 4.98 Å². The number of aromatic nitrogens is 1. The third-order valence-corrected chi connectivity index (χ3v) is 3.06. The van der Waals surface area contributed by atoms with Gasteiger partial charge >= 0.3 is 0 Å². The molecule has 0 bridgehead atoms. The lowest BCUT2D eigenvalue weighted by Gasteiger charge is -2.09. The van der Waals surface area contributed by atoms with E-state index in [-0.39, 0.29) is 0 Å². The van der Waals surface area contributed by atoms with E-state index in [4.69, 9.17) is 22.1 Å². The normalized spacial score (nSPS) is 10.6. The van der Waals surface area contributed by atoms with Crippen LogP contribution in [-0.2, 0) is 0 Å². The van der Waals surface area contributed by atoms with E-state index in [1.54, 1.807) is 18.3 Å². The smallest absolute Gasteiger partial charge is 0.153 e. The molecule has 2 aromatic carbocycles. The zero-order chi connectivity index (χ0) is 13.2. The summed E-state index contributed by atoms with van der Waals surface area (Å²) in [5, 5.41) is 1.56. The highest BCUT2D eigenvalue weighted by atomic mass is 35.5. The molecular formula is C15H11ClN2O. The summed E-state index contributed by atoms with van der Waals surface area (Å²) in [5.41, 5.74) is 7.36. The van der Waals surface area contributed by atoms with E-state index in [1.165, 1.54) is 0 Å². The molecular weight excluding hydrogens is 260 g/mol. The fourth-order valence-electron chi connectivity index (χ4n) is 1.88.